The summed E-state index contributed by atoms with van der Waals surface area (Å²) in [6.45, 7) is 1.59. The minimum Gasteiger partial charge on any atom is -0.505 e. The number of H-pyrrole nitrogens is 1. The monoisotopic (exact) mass is 473 g/mol. The van der Waals surface area contributed by atoms with E-state index in [9.17, 15) is 14.7 Å². The third kappa shape index (κ3) is 3.66. The van der Waals surface area contributed by atoms with Gasteiger partial charge in [-0.05, 0) is 17.2 Å². The van der Waals surface area contributed by atoms with E-state index in [-0.39, 0.29) is 29.4 Å². The van der Waals surface area contributed by atoms with Gasteiger partial charge in [0.2, 0.25) is 0 Å². The lowest BCUT2D eigenvalue weighted by molar-refractivity contribution is -0.140. The summed E-state index contributed by atoms with van der Waals surface area (Å²) in [5.74, 6) is -1.04. The van der Waals surface area contributed by atoms with Crippen LogP contribution in [0.25, 0.3) is 21.3 Å². The van der Waals surface area contributed by atoms with Crippen LogP contribution in [-0.2, 0) is 23.0 Å². The van der Waals surface area contributed by atoms with Crippen LogP contribution >= 0.6 is 11.3 Å². The molecule has 0 aliphatic heterocycles. The van der Waals surface area contributed by atoms with Gasteiger partial charge in [-0.15, -0.1) is 11.3 Å². The van der Waals surface area contributed by atoms with E-state index < -0.39 is 5.92 Å². The van der Waals surface area contributed by atoms with Gasteiger partial charge in [0.05, 0.1) is 23.6 Å². The summed E-state index contributed by atoms with van der Waals surface area (Å²) in [5.41, 5.74) is 5.47. The number of aromatic hydroxyl groups is 1. The molecule has 34 heavy (non-hydrogen) atoms. The lowest BCUT2D eigenvalue weighted by atomic mass is 9.85. The molecule has 0 bridgehead atoms. The molecule has 5 aromatic rings. The van der Waals surface area contributed by atoms with E-state index in [0.29, 0.717) is 16.8 Å². The number of nitrogens with zero attached hydrogens (tertiary/aromatic N) is 2. The lowest BCUT2D eigenvalue weighted by Crippen LogP contribution is -2.25. The molecule has 8 heteroatoms. The van der Waals surface area contributed by atoms with Crippen molar-refractivity contribution in [2.75, 3.05) is 6.61 Å². The first-order valence-corrected chi connectivity index (χ1v) is 11.8. The fourth-order valence-electron chi connectivity index (χ4n) is 4.56. The Hall–Kier alpha value is -3.91. The first-order chi connectivity index (χ1) is 16.5. The van der Waals surface area contributed by atoms with Gasteiger partial charge in [-0.1, -0.05) is 48.5 Å². The van der Waals surface area contributed by atoms with E-state index in [1.165, 1.54) is 18.3 Å². The number of carbonyl (C=O) groups excluding carboxylic acids is 1. The molecule has 0 spiro atoms. The summed E-state index contributed by atoms with van der Waals surface area (Å²) in [6.07, 6.45) is 0.461. The second kappa shape index (κ2) is 8.79. The van der Waals surface area contributed by atoms with Crippen LogP contribution in [0, 0.1) is 0 Å². The van der Waals surface area contributed by atoms with Crippen LogP contribution in [0.5, 0.6) is 5.75 Å². The number of aromatic amines is 1. The molecule has 0 fully saturated rings. The number of para-hydroxylation sites is 1. The molecule has 1 unspecified atom stereocenters. The minimum absolute atomic E-state index is 0.113. The fraction of sp³-hybridized carbons (Fsp3) is 0.192. The third-order valence-corrected chi connectivity index (χ3v) is 6.98. The van der Waals surface area contributed by atoms with Gasteiger partial charge in [0.15, 0.2) is 5.75 Å². The molecule has 2 N–H and O–H groups in total. The number of carbonyl (C=O) groups is 1. The second-order valence-corrected chi connectivity index (χ2v) is 8.96. The Labute approximate surface area is 199 Å². The van der Waals surface area contributed by atoms with Crippen molar-refractivity contribution in [1.82, 2.24) is 14.5 Å². The second-order valence-electron chi connectivity index (χ2n) is 8.13. The molecule has 7 nitrogen and oxygen atoms in total. The predicted molar refractivity (Wildman–Crippen MR) is 133 cm³/mol. The predicted octanol–water partition coefficient (Wildman–Crippen LogP) is 4.47. The zero-order valence-corrected chi connectivity index (χ0v) is 19.6. The quantitative estimate of drug-likeness (QED) is 0.355. The maximum absolute atomic E-state index is 13.6. The highest BCUT2D eigenvalue weighted by atomic mass is 32.1. The molecular formula is C26H23N3O4S. The molecule has 5 rings (SSSR count). The van der Waals surface area contributed by atoms with E-state index in [2.05, 4.69) is 9.97 Å². The molecular weight excluding hydrogens is 450 g/mol. The van der Waals surface area contributed by atoms with Crippen molar-refractivity contribution in [3.63, 3.8) is 0 Å². The topological polar surface area (TPSA) is 97.2 Å². The number of aryl methyl sites for hydroxylation is 1. The van der Waals surface area contributed by atoms with Crippen molar-refractivity contribution in [1.29, 1.82) is 0 Å². The van der Waals surface area contributed by atoms with Gasteiger partial charge in [0, 0.05) is 37.0 Å². The van der Waals surface area contributed by atoms with Crippen LogP contribution < -0.4 is 5.56 Å². The standard InChI is InChI=1S/C26H23N3O4S/c1-15(30)33-13-12-18-17-10-6-7-11-19(17)28-22(18)20(16-8-4-3-5-9-16)21-24(31)23-26(34-14-27-23)29(2)25(21)32/h3-11,14,20,28,31H,12-13H2,1-2H3. The minimum atomic E-state index is -0.578. The summed E-state index contributed by atoms with van der Waals surface area (Å²) in [7, 11) is 1.70. The molecule has 0 radical (unpaired) electrons. The van der Waals surface area contributed by atoms with E-state index in [0.717, 1.165) is 27.7 Å². The first-order valence-electron chi connectivity index (χ1n) is 10.9. The number of rotatable bonds is 6. The van der Waals surface area contributed by atoms with Gasteiger partial charge in [0.1, 0.15) is 10.3 Å². The van der Waals surface area contributed by atoms with E-state index in [1.807, 2.05) is 54.6 Å². The van der Waals surface area contributed by atoms with Crippen LogP contribution in [0.2, 0.25) is 0 Å². The highest BCUT2D eigenvalue weighted by molar-refractivity contribution is 7.16. The van der Waals surface area contributed by atoms with Crippen LogP contribution in [0.4, 0.5) is 0 Å². The summed E-state index contributed by atoms with van der Waals surface area (Å²) in [5, 5.41) is 12.3. The smallest absolute Gasteiger partial charge is 0.302 e. The van der Waals surface area contributed by atoms with Crippen molar-refractivity contribution in [2.24, 2.45) is 7.05 Å². The summed E-state index contributed by atoms with van der Waals surface area (Å²) < 4.78 is 6.79. The van der Waals surface area contributed by atoms with Crippen molar-refractivity contribution in [2.45, 2.75) is 19.3 Å². The van der Waals surface area contributed by atoms with Crippen LogP contribution in [0.1, 0.15) is 35.2 Å². The SMILES string of the molecule is CC(=O)OCCc1c(C(c2ccccc2)c2c(O)c3ncsc3n(C)c2=O)[nH]c2ccccc12. The fourth-order valence-corrected chi connectivity index (χ4v) is 5.32. The molecule has 0 amide bonds. The number of benzene rings is 2. The van der Waals surface area contributed by atoms with Crippen molar-refractivity contribution in [3.05, 3.63) is 92.8 Å². The van der Waals surface area contributed by atoms with E-state index in [4.69, 9.17) is 4.74 Å². The molecule has 0 aliphatic carbocycles. The number of nitrogens with one attached hydrogen (secondary N) is 1. The largest absolute Gasteiger partial charge is 0.505 e. The average molecular weight is 474 g/mol. The molecule has 0 saturated carbocycles. The Morgan fingerprint density at radius 1 is 1.18 bits per heavy atom. The molecule has 3 aromatic heterocycles. The van der Waals surface area contributed by atoms with E-state index >= 15 is 0 Å². The highest BCUT2D eigenvalue weighted by Gasteiger charge is 2.30. The molecule has 2 aromatic carbocycles. The normalized spacial score (nSPS) is 12.3. The van der Waals surface area contributed by atoms with Crippen LogP contribution in [0.15, 0.2) is 64.9 Å². The summed E-state index contributed by atoms with van der Waals surface area (Å²) in [6, 6.07) is 17.5. The van der Waals surface area contributed by atoms with E-state index in [1.54, 1.807) is 17.1 Å². The number of fused-ring (bicyclic) bond motifs is 2. The Morgan fingerprint density at radius 2 is 1.91 bits per heavy atom. The zero-order chi connectivity index (χ0) is 23.8. The van der Waals surface area contributed by atoms with Crippen molar-refractivity contribution in [3.8, 4) is 5.75 Å². The molecule has 1 atom stereocenters. The van der Waals surface area contributed by atoms with Crippen molar-refractivity contribution < 1.29 is 14.6 Å². The first kappa shape index (κ1) is 21.9. The molecule has 0 aliphatic rings. The Kier molecular flexibility index (Phi) is 5.67. The number of thiazole rings is 1. The van der Waals surface area contributed by atoms with Crippen molar-refractivity contribution >= 4 is 38.6 Å². The van der Waals surface area contributed by atoms with Gasteiger partial charge >= 0.3 is 5.97 Å². The summed E-state index contributed by atoms with van der Waals surface area (Å²) >= 11 is 1.31. The van der Waals surface area contributed by atoms with Gasteiger partial charge in [-0.25, -0.2) is 4.98 Å². The summed E-state index contributed by atoms with van der Waals surface area (Å²) in [4.78, 5) is 33.5. The lowest BCUT2D eigenvalue weighted by Gasteiger charge is -2.21. The maximum atomic E-state index is 13.6. The van der Waals surface area contributed by atoms with Crippen LogP contribution in [-0.4, -0.2) is 32.2 Å². The van der Waals surface area contributed by atoms with Gasteiger partial charge in [0.25, 0.3) is 5.56 Å². The zero-order valence-electron chi connectivity index (χ0n) is 18.7. The highest BCUT2D eigenvalue weighted by Crippen LogP contribution is 2.41. The average Bonchev–Trinajstić information content (AvgIpc) is 3.47. The molecule has 172 valence electrons. The number of hydrogen-bond donors (Lipinski definition) is 2. The van der Waals surface area contributed by atoms with Gasteiger partial charge in [-0.2, -0.15) is 0 Å². The van der Waals surface area contributed by atoms with Crippen LogP contribution in [0.3, 0.4) is 0 Å². The number of aromatic nitrogens is 3. The maximum Gasteiger partial charge on any atom is 0.302 e. The number of hydrogen-bond acceptors (Lipinski definition) is 6. The molecule has 0 saturated heterocycles. The number of esters is 1. The number of pyridine rings is 1. The Morgan fingerprint density at radius 3 is 2.68 bits per heavy atom. The van der Waals surface area contributed by atoms with Gasteiger partial charge in [-0.3, -0.25) is 9.59 Å². The Balaban J connectivity index is 1.81. The third-order valence-electron chi connectivity index (χ3n) is 6.08. The Bertz CT molecular complexity index is 1570. The van der Waals surface area contributed by atoms with Gasteiger partial charge < -0.3 is 19.4 Å². The number of ether oxygens (including phenoxy) is 1. The molecule has 3 heterocycles.